The molecule has 0 spiro atoms. The highest BCUT2D eigenvalue weighted by Crippen LogP contribution is 2.29. The third-order valence-corrected chi connectivity index (χ3v) is 4.89. The maximum Gasteiger partial charge on any atom is 0.229 e. The quantitative estimate of drug-likeness (QED) is 0.695. The minimum Gasteiger partial charge on any atom is -0.380 e. The number of allylic oxidation sites excluding steroid dienone is 2. The number of carbonyl (C=O) groups excluding carboxylic acids is 3. The first-order chi connectivity index (χ1) is 9.45. The second-order valence-electron chi connectivity index (χ2n) is 4.36. The molecule has 2 heterocycles. The van der Waals surface area contributed by atoms with E-state index in [4.69, 9.17) is 0 Å². The zero-order chi connectivity index (χ0) is 14.5. The van der Waals surface area contributed by atoms with Crippen molar-refractivity contribution in [3.05, 3.63) is 39.7 Å². The second-order valence-corrected chi connectivity index (χ2v) is 6.40. The number of pyridine rings is 1. The van der Waals surface area contributed by atoms with Gasteiger partial charge in [-0.1, -0.05) is 0 Å². The van der Waals surface area contributed by atoms with E-state index in [1.807, 2.05) is 0 Å². The predicted octanol–water partition coefficient (Wildman–Crippen LogP) is -0.497. The zero-order valence-electron chi connectivity index (χ0n) is 10.0. The van der Waals surface area contributed by atoms with Gasteiger partial charge in [-0.05, 0) is 12.1 Å². The molecule has 0 saturated heterocycles. The summed E-state index contributed by atoms with van der Waals surface area (Å²) in [6.07, 6.45) is 0.451. The Bertz CT molecular complexity index is 807. The van der Waals surface area contributed by atoms with Crippen molar-refractivity contribution >= 4 is 27.7 Å². The molecule has 0 bridgehead atoms. The number of hydrogen-bond acceptors (Lipinski definition) is 7. The number of sulfone groups is 1. The van der Waals surface area contributed by atoms with Crippen LogP contribution in [-0.4, -0.2) is 43.6 Å². The minimum atomic E-state index is -3.77. The number of carbonyl (C=O) groups is 3. The van der Waals surface area contributed by atoms with E-state index in [0.717, 1.165) is 0 Å². The lowest BCUT2D eigenvalue weighted by Crippen LogP contribution is -2.41. The molecule has 0 fully saturated rings. The van der Waals surface area contributed by atoms with Crippen molar-refractivity contribution in [3.8, 4) is 0 Å². The summed E-state index contributed by atoms with van der Waals surface area (Å²) in [5, 5.41) is 2.64. The molecule has 3 rings (SSSR count). The molecule has 0 atom stereocenters. The average molecular weight is 292 g/mol. The molecule has 1 N–H and O–H groups in total. The van der Waals surface area contributed by atoms with Gasteiger partial charge >= 0.3 is 0 Å². The Hall–Kier alpha value is -2.35. The van der Waals surface area contributed by atoms with Gasteiger partial charge in [-0.25, -0.2) is 13.4 Å². The van der Waals surface area contributed by atoms with E-state index in [9.17, 15) is 22.8 Å². The number of hydrogen-bond donors (Lipinski definition) is 1. The van der Waals surface area contributed by atoms with Crippen LogP contribution in [0.3, 0.4) is 0 Å². The highest BCUT2D eigenvalue weighted by molar-refractivity contribution is 7.96. The van der Waals surface area contributed by atoms with Gasteiger partial charge < -0.3 is 5.32 Å². The van der Waals surface area contributed by atoms with Crippen LogP contribution in [0.2, 0.25) is 0 Å². The molecular formula is C12H8N2O5S. The van der Waals surface area contributed by atoms with Crippen LogP contribution in [0.25, 0.3) is 0 Å². The molecule has 2 aliphatic rings. The third-order valence-electron chi connectivity index (χ3n) is 3.14. The number of fused-ring (bicyclic) bond motifs is 1. The van der Waals surface area contributed by atoms with Crippen LogP contribution in [0.4, 0.5) is 0 Å². The standard InChI is InChI=1S/C12H8N2O5S/c15-5-6-1-2-7-8(14-6)11(17)9-12(10(7)16)20(18,19)4-3-13-9/h1-2,5,13H,3-4H2. The molecule has 20 heavy (non-hydrogen) atoms. The average Bonchev–Trinajstić information content (AvgIpc) is 2.43. The molecule has 102 valence electrons. The summed E-state index contributed by atoms with van der Waals surface area (Å²) >= 11 is 0. The van der Waals surface area contributed by atoms with E-state index in [2.05, 4.69) is 10.3 Å². The van der Waals surface area contributed by atoms with Crippen molar-refractivity contribution in [3.63, 3.8) is 0 Å². The van der Waals surface area contributed by atoms with Gasteiger partial charge in [-0.15, -0.1) is 0 Å². The molecule has 0 saturated carbocycles. The molecule has 1 aliphatic carbocycles. The van der Waals surface area contributed by atoms with Crippen molar-refractivity contribution in [2.24, 2.45) is 0 Å². The van der Waals surface area contributed by atoms with Gasteiger partial charge in [0.05, 0.1) is 11.3 Å². The summed E-state index contributed by atoms with van der Waals surface area (Å²) in [6.45, 7) is 0.0584. The first-order valence-corrected chi connectivity index (χ1v) is 7.37. The number of ketones is 2. The zero-order valence-corrected chi connectivity index (χ0v) is 10.9. The lowest BCUT2D eigenvalue weighted by atomic mass is 9.96. The summed E-state index contributed by atoms with van der Waals surface area (Å²) in [4.78, 5) is 38.5. The first-order valence-electron chi connectivity index (χ1n) is 5.72. The van der Waals surface area contributed by atoms with Crippen LogP contribution in [-0.2, 0) is 9.84 Å². The second kappa shape index (κ2) is 4.07. The normalized spacial score (nSPS) is 20.0. The number of aldehydes is 1. The van der Waals surface area contributed by atoms with Gasteiger partial charge in [0.2, 0.25) is 11.6 Å². The maximum atomic E-state index is 12.3. The SMILES string of the molecule is O=Cc1ccc2c(n1)C(=O)C1=C(C2=O)S(=O)(=O)CCN1. The summed E-state index contributed by atoms with van der Waals surface area (Å²) in [6, 6.07) is 2.52. The molecule has 0 radical (unpaired) electrons. The van der Waals surface area contributed by atoms with E-state index in [1.165, 1.54) is 12.1 Å². The van der Waals surface area contributed by atoms with Gasteiger partial charge in [0.1, 0.15) is 22.0 Å². The largest absolute Gasteiger partial charge is 0.380 e. The highest BCUT2D eigenvalue weighted by atomic mass is 32.2. The smallest absolute Gasteiger partial charge is 0.229 e. The number of rotatable bonds is 1. The predicted molar refractivity (Wildman–Crippen MR) is 67.1 cm³/mol. The Morgan fingerprint density at radius 1 is 1.20 bits per heavy atom. The van der Waals surface area contributed by atoms with Gasteiger partial charge in [0.15, 0.2) is 16.1 Å². The minimum absolute atomic E-state index is 0.00705. The van der Waals surface area contributed by atoms with Crippen LogP contribution < -0.4 is 5.32 Å². The van der Waals surface area contributed by atoms with Crippen molar-refractivity contribution in [2.75, 3.05) is 12.3 Å². The highest BCUT2D eigenvalue weighted by Gasteiger charge is 2.42. The van der Waals surface area contributed by atoms with Gasteiger partial charge in [-0.2, -0.15) is 0 Å². The fourth-order valence-corrected chi connectivity index (χ4v) is 3.67. The Balaban J connectivity index is 2.30. The molecule has 1 aromatic rings. The summed E-state index contributed by atoms with van der Waals surface area (Å²) in [5.74, 6) is -1.67. The molecule has 1 aromatic heterocycles. The van der Waals surface area contributed by atoms with Crippen LogP contribution in [0, 0.1) is 0 Å². The van der Waals surface area contributed by atoms with Crippen LogP contribution >= 0.6 is 0 Å². The van der Waals surface area contributed by atoms with E-state index in [-0.39, 0.29) is 34.9 Å². The van der Waals surface area contributed by atoms with Crippen LogP contribution in [0.5, 0.6) is 0 Å². The van der Waals surface area contributed by atoms with E-state index >= 15 is 0 Å². The van der Waals surface area contributed by atoms with Crippen molar-refractivity contribution in [1.82, 2.24) is 10.3 Å². The van der Waals surface area contributed by atoms with Gasteiger partial charge in [0.25, 0.3) is 0 Å². The Kier molecular flexibility index (Phi) is 2.58. The van der Waals surface area contributed by atoms with Crippen molar-refractivity contribution in [1.29, 1.82) is 0 Å². The molecule has 0 unspecified atom stereocenters. The summed E-state index contributed by atoms with van der Waals surface area (Å²) in [5.41, 5.74) is -0.522. The molecule has 8 heteroatoms. The fourth-order valence-electron chi connectivity index (χ4n) is 2.22. The fraction of sp³-hybridized carbons (Fsp3) is 0.167. The lowest BCUT2D eigenvalue weighted by molar-refractivity contribution is 0.0969. The number of Topliss-reactive ketones (excluding diaryl/α,β-unsaturated/α-hetero) is 2. The monoisotopic (exact) mass is 292 g/mol. The molecule has 0 amide bonds. The lowest BCUT2D eigenvalue weighted by Gasteiger charge is -2.24. The molecule has 7 nitrogen and oxygen atoms in total. The Labute approximate surface area is 113 Å². The molecule has 0 aromatic carbocycles. The molecule has 1 aliphatic heterocycles. The van der Waals surface area contributed by atoms with Crippen LogP contribution in [0.1, 0.15) is 31.3 Å². The maximum absolute atomic E-state index is 12.3. The third kappa shape index (κ3) is 1.61. The van der Waals surface area contributed by atoms with E-state index < -0.39 is 26.3 Å². The number of nitrogens with one attached hydrogen (secondary N) is 1. The number of nitrogens with zero attached hydrogens (tertiary/aromatic N) is 1. The summed E-state index contributed by atoms with van der Waals surface area (Å²) < 4.78 is 23.9. The van der Waals surface area contributed by atoms with Crippen LogP contribution in [0.15, 0.2) is 22.7 Å². The Morgan fingerprint density at radius 2 is 1.95 bits per heavy atom. The summed E-state index contributed by atoms with van der Waals surface area (Å²) in [7, 11) is -3.77. The van der Waals surface area contributed by atoms with Gasteiger partial charge in [-0.3, -0.25) is 14.4 Å². The Morgan fingerprint density at radius 3 is 2.65 bits per heavy atom. The number of aromatic nitrogens is 1. The first kappa shape index (κ1) is 12.7. The topological polar surface area (TPSA) is 110 Å². The van der Waals surface area contributed by atoms with E-state index in [1.54, 1.807) is 0 Å². The van der Waals surface area contributed by atoms with Gasteiger partial charge in [0, 0.05) is 6.54 Å². The van der Waals surface area contributed by atoms with Crippen molar-refractivity contribution < 1.29 is 22.8 Å². The van der Waals surface area contributed by atoms with E-state index in [0.29, 0.717) is 6.29 Å². The van der Waals surface area contributed by atoms with Crippen molar-refractivity contribution in [2.45, 2.75) is 0 Å². The molecular weight excluding hydrogens is 284 g/mol.